The maximum Gasteiger partial charge on any atom is 0.248 e. The second kappa shape index (κ2) is 5.61. The summed E-state index contributed by atoms with van der Waals surface area (Å²) >= 11 is 0. The van der Waals surface area contributed by atoms with E-state index in [1.54, 1.807) is 0 Å². The van der Waals surface area contributed by atoms with Crippen LogP contribution in [0.3, 0.4) is 0 Å². The highest BCUT2D eigenvalue weighted by Gasteiger charge is 2.29. The molecule has 2 aliphatic rings. The molecule has 5 heteroatoms. The van der Waals surface area contributed by atoms with E-state index in [-0.39, 0.29) is 18.6 Å². The zero-order valence-corrected chi connectivity index (χ0v) is 9.56. The van der Waals surface area contributed by atoms with E-state index in [4.69, 9.17) is 15.2 Å². The van der Waals surface area contributed by atoms with E-state index in [0.29, 0.717) is 32.2 Å². The maximum absolute atomic E-state index is 11.7. The van der Waals surface area contributed by atoms with Crippen LogP contribution in [0.5, 0.6) is 0 Å². The quantitative estimate of drug-likeness (QED) is 0.711. The number of hydrogen-bond donors (Lipinski definition) is 1. The Morgan fingerprint density at radius 3 is 2.69 bits per heavy atom. The Morgan fingerprint density at radius 1 is 1.38 bits per heavy atom. The van der Waals surface area contributed by atoms with Gasteiger partial charge in [0.25, 0.3) is 0 Å². The van der Waals surface area contributed by atoms with Crippen LogP contribution < -0.4 is 5.73 Å². The summed E-state index contributed by atoms with van der Waals surface area (Å²) in [5.74, 6) is 0.683. The van der Waals surface area contributed by atoms with Crippen molar-refractivity contribution in [3.63, 3.8) is 0 Å². The number of carbonyl (C=O) groups excluding carboxylic acids is 1. The van der Waals surface area contributed by atoms with Crippen molar-refractivity contribution >= 4 is 5.91 Å². The summed E-state index contributed by atoms with van der Waals surface area (Å²) in [4.78, 5) is 13.5. The van der Waals surface area contributed by atoms with E-state index in [2.05, 4.69) is 0 Å². The van der Waals surface area contributed by atoms with Crippen molar-refractivity contribution in [2.75, 3.05) is 39.5 Å². The van der Waals surface area contributed by atoms with E-state index in [9.17, 15) is 4.79 Å². The first-order valence-corrected chi connectivity index (χ1v) is 5.96. The Hall–Kier alpha value is -0.650. The number of nitrogens with two attached hydrogens (primary N) is 1. The number of morpholine rings is 1. The number of amides is 1. The van der Waals surface area contributed by atoms with E-state index in [0.717, 1.165) is 19.4 Å². The van der Waals surface area contributed by atoms with Crippen LogP contribution in [0.4, 0.5) is 0 Å². The number of rotatable bonds is 4. The minimum Gasteiger partial charge on any atom is -0.378 e. The standard InChI is InChI=1S/C11H20N2O3/c12-7-9-5-10(6-9)16-8-11(14)13-1-3-15-4-2-13/h9-10H,1-8,12H2. The van der Waals surface area contributed by atoms with E-state index < -0.39 is 0 Å². The van der Waals surface area contributed by atoms with Gasteiger partial charge >= 0.3 is 0 Å². The van der Waals surface area contributed by atoms with Gasteiger partial charge in [-0.25, -0.2) is 0 Å². The van der Waals surface area contributed by atoms with Crippen molar-refractivity contribution in [2.24, 2.45) is 11.7 Å². The molecule has 0 radical (unpaired) electrons. The third kappa shape index (κ3) is 2.93. The number of nitrogens with zero attached hydrogens (tertiary/aromatic N) is 1. The van der Waals surface area contributed by atoms with Crippen LogP contribution in [0, 0.1) is 5.92 Å². The van der Waals surface area contributed by atoms with Gasteiger partial charge < -0.3 is 20.1 Å². The summed E-state index contributed by atoms with van der Waals surface area (Å²) in [7, 11) is 0. The molecule has 1 saturated carbocycles. The average molecular weight is 228 g/mol. The Kier molecular flexibility index (Phi) is 4.15. The number of hydrogen-bond acceptors (Lipinski definition) is 4. The minimum absolute atomic E-state index is 0.0829. The topological polar surface area (TPSA) is 64.8 Å². The maximum atomic E-state index is 11.7. The summed E-state index contributed by atoms with van der Waals surface area (Å²) < 4.78 is 10.7. The molecule has 2 rings (SSSR count). The van der Waals surface area contributed by atoms with E-state index in [1.807, 2.05) is 4.90 Å². The summed E-state index contributed by atoms with van der Waals surface area (Å²) in [5, 5.41) is 0. The lowest BCUT2D eigenvalue weighted by atomic mass is 9.82. The summed E-state index contributed by atoms with van der Waals surface area (Å²) in [6.07, 6.45) is 2.26. The van der Waals surface area contributed by atoms with Crippen LogP contribution in [-0.2, 0) is 14.3 Å². The molecule has 0 unspecified atom stereocenters. The first kappa shape index (κ1) is 11.8. The molecule has 1 heterocycles. The smallest absolute Gasteiger partial charge is 0.248 e. The Balaban J connectivity index is 1.60. The van der Waals surface area contributed by atoms with Crippen LogP contribution >= 0.6 is 0 Å². The lowest BCUT2D eigenvalue weighted by Gasteiger charge is -2.35. The number of carbonyl (C=O) groups is 1. The zero-order chi connectivity index (χ0) is 11.4. The Bertz CT molecular complexity index is 235. The molecule has 0 aromatic carbocycles. The van der Waals surface area contributed by atoms with Crippen LogP contribution in [0.1, 0.15) is 12.8 Å². The molecule has 1 amide bonds. The van der Waals surface area contributed by atoms with Crippen LogP contribution in [-0.4, -0.2) is 56.4 Å². The highest BCUT2D eigenvalue weighted by molar-refractivity contribution is 5.77. The lowest BCUT2D eigenvalue weighted by Crippen LogP contribution is -2.44. The van der Waals surface area contributed by atoms with Gasteiger partial charge in [-0.3, -0.25) is 4.79 Å². The predicted octanol–water partition coefficient (Wildman–Crippen LogP) is -0.401. The van der Waals surface area contributed by atoms with Gasteiger partial charge in [-0.15, -0.1) is 0 Å². The molecule has 2 N–H and O–H groups in total. The van der Waals surface area contributed by atoms with Gasteiger partial charge in [-0.1, -0.05) is 0 Å². The fourth-order valence-electron chi connectivity index (χ4n) is 2.10. The highest BCUT2D eigenvalue weighted by Crippen LogP contribution is 2.28. The normalized spacial score (nSPS) is 29.9. The van der Waals surface area contributed by atoms with Gasteiger partial charge in [-0.2, -0.15) is 0 Å². The van der Waals surface area contributed by atoms with Crippen molar-refractivity contribution in [3.05, 3.63) is 0 Å². The average Bonchev–Trinajstić information content (AvgIpc) is 2.28. The van der Waals surface area contributed by atoms with Crippen molar-refractivity contribution < 1.29 is 14.3 Å². The molecular weight excluding hydrogens is 208 g/mol. The third-order valence-electron chi connectivity index (χ3n) is 3.33. The first-order valence-electron chi connectivity index (χ1n) is 5.96. The summed E-state index contributed by atoms with van der Waals surface area (Å²) in [5.41, 5.74) is 5.52. The molecule has 0 aromatic rings. The number of ether oxygens (including phenoxy) is 2. The lowest BCUT2D eigenvalue weighted by molar-refractivity contribution is -0.145. The monoisotopic (exact) mass is 228 g/mol. The summed E-state index contributed by atoms with van der Waals surface area (Å²) in [6.45, 7) is 3.62. The molecule has 92 valence electrons. The fourth-order valence-corrected chi connectivity index (χ4v) is 2.10. The van der Waals surface area contributed by atoms with Gasteiger partial charge in [0.05, 0.1) is 19.3 Å². The van der Waals surface area contributed by atoms with Crippen LogP contribution in [0.2, 0.25) is 0 Å². The van der Waals surface area contributed by atoms with Crippen LogP contribution in [0.25, 0.3) is 0 Å². The first-order chi connectivity index (χ1) is 7.79. The van der Waals surface area contributed by atoms with Gasteiger partial charge in [0.15, 0.2) is 0 Å². The second-order valence-corrected chi connectivity index (χ2v) is 4.50. The minimum atomic E-state index is 0.0829. The third-order valence-corrected chi connectivity index (χ3v) is 3.33. The summed E-state index contributed by atoms with van der Waals surface area (Å²) in [6, 6.07) is 0. The van der Waals surface area contributed by atoms with Gasteiger partial charge in [0.2, 0.25) is 5.91 Å². The molecule has 0 aromatic heterocycles. The molecule has 16 heavy (non-hydrogen) atoms. The van der Waals surface area contributed by atoms with Crippen molar-refractivity contribution in [1.29, 1.82) is 0 Å². The van der Waals surface area contributed by atoms with E-state index >= 15 is 0 Å². The molecule has 1 saturated heterocycles. The zero-order valence-electron chi connectivity index (χ0n) is 9.56. The van der Waals surface area contributed by atoms with Gasteiger partial charge in [0.1, 0.15) is 6.61 Å². The predicted molar refractivity (Wildman–Crippen MR) is 58.9 cm³/mol. The van der Waals surface area contributed by atoms with Gasteiger partial charge in [-0.05, 0) is 25.3 Å². The Labute approximate surface area is 95.9 Å². The van der Waals surface area contributed by atoms with Crippen molar-refractivity contribution in [2.45, 2.75) is 18.9 Å². The molecule has 0 spiro atoms. The van der Waals surface area contributed by atoms with Crippen molar-refractivity contribution in [1.82, 2.24) is 4.90 Å². The highest BCUT2D eigenvalue weighted by atomic mass is 16.5. The molecule has 0 bridgehead atoms. The SMILES string of the molecule is NCC1CC(OCC(=O)N2CCOCC2)C1. The molecule has 2 fully saturated rings. The molecular formula is C11H20N2O3. The molecule has 5 nitrogen and oxygen atoms in total. The fraction of sp³-hybridized carbons (Fsp3) is 0.909. The van der Waals surface area contributed by atoms with Gasteiger partial charge in [0, 0.05) is 13.1 Å². The van der Waals surface area contributed by atoms with Crippen LogP contribution in [0.15, 0.2) is 0 Å². The Morgan fingerprint density at radius 2 is 2.06 bits per heavy atom. The molecule has 0 atom stereocenters. The molecule has 1 aliphatic carbocycles. The van der Waals surface area contributed by atoms with Crippen molar-refractivity contribution in [3.8, 4) is 0 Å². The second-order valence-electron chi connectivity index (χ2n) is 4.50. The largest absolute Gasteiger partial charge is 0.378 e. The molecule has 1 aliphatic heterocycles. The van der Waals surface area contributed by atoms with E-state index in [1.165, 1.54) is 0 Å².